The summed E-state index contributed by atoms with van der Waals surface area (Å²) in [6, 6.07) is 7.29. The number of ether oxygens (including phenoxy) is 2. The maximum atomic E-state index is 12.2. The Kier molecular flexibility index (Phi) is 5.62. The molecule has 146 valence electrons. The third-order valence-corrected chi connectivity index (χ3v) is 5.61. The highest BCUT2D eigenvalue weighted by molar-refractivity contribution is 5.94. The van der Waals surface area contributed by atoms with Gasteiger partial charge in [0.05, 0.1) is 6.10 Å². The first-order valence-corrected chi connectivity index (χ1v) is 10.1. The summed E-state index contributed by atoms with van der Waals surface area (Å²) in [6.07, 6.45) is 6.20. The minimum absolute atomic E-state index is 0.0797. The Morgan fingerprint density at radius 1 is 1.07 bits per heavy atom. The van der Waals surface area contributed by atoms with Crippen molar-refractivity contribution in [1.29, 1.82) is 0 Å². The first-order chi connectivity index (χ1) is 13.2. The molecule has 2 heterocycles. The van der Waals surface area contributed by atoms with E-state index in [0.29, 0.717) is 23.9 Å². The molecule has 0 bridgehead atoms. The van der Waals surface area contributed by atoms with Crippen LogP contribution in [-0.2, 0) is 9.53 Å². The van der Waals surface area contributed by atoms with Crippen molar-refractivity contribution in [2.24, 2.45) is 5.92 Å². The third-order valence-electron chi connectivity index (χ3n) is 5.61. The smallest absolute Gasteiger partial charge is 0.251 e. The van der Waals surface area contributed by atoms with Crippen molar-refractivity contribution in [3.05, 3.63) is 29.8 Å². The van der Waals surface area contributed by atoms with Gasteiger partial charge in [-0.05, 0) is 49.9 Å². The number of hydrogen-bond acceptors (Lipinski definition) is 4. The fourth-order valence-electron chi connectivity index (χ4n) is 3.77. The average Bonchev–Trinajstić information content (AvgIpc) is 3.42. The van der Waals surface area contributed by atoms with E-state index in [2.05, 4.69) is 5.32 Å². The summed E-state index contributed by atoms with van der Waals surface area (Å²) in [7, 11) is 0. The lowest BCUT2D eigenvalue weighted by atomic mass is 10.1. The number of benzene rings is 1. The third kappa shape index (κ3) is 4.80. The van der Waals surface area contributed by atoms with Gasteiger partial charge in [-0.1, -0.05) is 0 Å². The van der Waals surface area contributed by atoms with E-state index in [1.165, 1.54) is 0 Å². The first kappa shape index (κ1) is 18.3. The minimum Gasteiger partial charge on any atom is -0.490 e. The van der Waals surface area contributed by atoms with E-state index in [1.807, 2.05) is 17.0 Å². The molecule has 2 aliphatic heterocycles. The number of nitrogens with one attached hydrogen (secondary N) is 1. The predicted octanol–water partition coefficient (Wildman–Crippen LogP) is 2.38. The van der Waals surface area contributed by atoms with Crippen molar-refractivity contribution in [3.8, 4) is 5.75 Å². The second-order valence-corrected chi connectivity index (χ2v) is 7.79. The Morgan fingerprint density at radius 3 is 2.44 bits per heavy atom. The molecular formula is C21H28N2O4. The summed E-state index contributed by atoms with van der Waals surface area (Å²) in [5.74, 6) is 1.31. The van der Waals surface area contributed by atoms with E-state index in [0.717, 1.165) is 64.0 Å². The van der Waals surface area contributed by atoms with Crippen molar-refractivity contribution in [3.63, 3.8) is 0 Å². The van der Waals surface area contributed by atoms with E-state index >= 15 is 0 Å². The first-order valence-electron chi connectivity index (χ1n) is 10.1. The van der Waals surface area contributed by atoms with Gasteiger partial charge in [0.25, 0.3) is 5.91 Å². The van der Waals surface area contributed by atoms with Gasteiger partial charge in [0.15, 0.2) is 0 Å². The van der Waals surface area contributed by atoms with Gasteiger partial charge in [0.2, 0.25) is 5.91 Å². The molecule has 2 saturated heterocycles. The fraction of sp³-hybridized carbons (Fsp3) is 0.619. The van der Waals surface area contributed by atoms with Gasteiger partial charge in [-0.2, -0.15) is 0 Å². The molecule has 6 heteroatoms. The van der Waals surface area contributed by atoms with Crippen LogP contribution in [-0.4, -0.2) is 55.2 Å². The zero-order valence-electron chi connectivity index (χ0n) is 15.7. The van der Waals surface area contributed by atoms with Gasteiger partial charge in [0.1, 0.15) is 11.9 Å². The average molecular weight is 372 g/mol. The maximum absolute atomic E-state index is 12.2. The summed E-state index contributed by atoms with van der Waals surface area (Å²) in [5.41, 5.74) is 0.630. The topological polar surface area (TPSA) is 67.9 Å². The van der Waals surface area contributed by atoms with Crippen LogP contribution >= 0.6 is 0 Å². The summed E-state index contributed by atoms with van der Waals surface area (Å²) in [6.45, 7) is 2.92. The summed E-state index contributed by atoms with van der Waals surface area (Å²) < 4.78 is 11.6. The molecule has 1 aliphatic carbocycles. The molecular weight excluding hydrogens is 344 g/mol. The van der Waals surface area contributed by atoms with Crippen LogP contribution in [0.1, 0.15) is 48.9 Å². The van der Waals surface area contributed by atoms with Crippen molar-refractivity contribution < 1.29 is 19.1 Å². The zero-order valence-corrected chi connectivity index (χ0v) is 15.7. The van der Waals surface area contributed by atoms with E-state index in [-0.39, 0.29) is 18.1 Å². The molecule has 3 fully saturated rings. The number of likely N-dealkylation sites (tertiary alicyclic amines) is 1. The summed E-state index contributed by atoms with van der Waals surface area (Å²) >= 11 is 0. The standard InChI is InChI=1S/C21H28N2O4/c24-20(22-14-19-2-1-13-26-19)15-5-7-17(8-6-15)27-18-9-11-23(12-10-18)21(25)16-3-4-16/h5-8,16,18-19H,1-4,9-14H2,(H,22,24)/t19-/m0/s1. The van der Waals surface area contributed by atoms with Gasteiger partial charge in [-0.3, -0.25) is 9.59 Å². The Hall–Kier alpha value is -2.08. The van der Waals surface area contributed by atoms with Crippen LogP contribution in [0.15, 0.2) is 24.3 Å². The highest BCUT2D eigenvalue weighted by atomic mass is 16.5. The number of carbonyl (C=O) groups excluding carboxylic acids is 2. The number of nitrogens with zero attached hydrogens (tertiary/aromatic N) is 1. The Morgan fingerprint density at radius 2 is 1.81 bits per heavy atom. The van der Waals surface area contributed by atoms with Crippen molar-refractivity contribution in [2.75, 3.05) is 26.2 Å². The number of rotatable bonds is 6. The van der Waals surface area contributed by atoms with E-state index in [9.17, 15) is 9.59 Å². The monoisotopic (exact) mass is 372 g/mol. The largest absolute Gasteiger partial charge is 0.490 e. The molecule has 0 unspecified atom stereocenters. The van der Waals surface area contributed by atoms with Crippen LogP contribution in [0, 0.1) is 5.92 Å². The highest BCUT2D eigenvalue weighted by Gasteiger charge is 2.35. The minimum atomic E-state index is -0.0797. The SMILES string of the molecule is O=C(NC[C@@H]1CCCO1)c1ccc(OC2CCN(C(=O)C3CC3)CC2)cc1. The van der Waals surface area contributed by atoms with Crippen LogP contribution in [0.5, 0.6) is 5.75 Å². The number of carbonyl (C=O) groups is 2. The van der Waals surface area contributed by atoms with Crippen molar-refractivity contribution in [1.82, 2.24) is 10.2 Å². The lowest BCUT2D eigenvalue weighted by Crippen LogP contribution is -2.42. The quantitative estimate of drug-likeness (QED) is 0.833. The summed E-state index contributed by atoms with van der Waals surface area (Å²) in [5, 5.41) is 2.93. The zero-order chi connectivity index (χ0) is 18.6. The number of amides is 2. The van der Waals surface area contributed by atoms with Crippen LogP contribution in [0.4, 0.5) is 0 Å². The highest BCUT2D eigenvalue weighted by Crippen LogP contribution is 2.32. The van der Waals surface area contributed by atoms with Crippen LogP contribution in [0.3, 0.4) is 0 Å². The molecule has 2 amide bonds. The van der Waals surface area contributed by atoms with Crippen molar-refractivity contribution in [2.45, 2.75) is 50.7 Å². The van der Waals surface area contributed by atoms with Crippen LogP contribution < -0.4 is 10.1 Å². The molecule has 1 atom stereocenters. The second-order valence-electron chi connectivity index (χ2n) is 7.79. The number of hydrogen-bond donors (Lipinski definition) is 1. The molecule has 6 nitrogen and oxygen atoms in total. The molecule has 27 heavy (non-hydrogen) atoms. The van der Waals surface area contributed by atoms with Crippen molar-refractivity contribution >= 4 is 11.8 Å². The second kappa shape index (κ2) is 8.30. The molecule has 1 N–H and O–H groups in total. The van der Waals surface area contributed by atoms with Gasteiger partial charge in [-0.25, -0.2) is 0 Å². The lowest BCUT2D eigenvalue weighted by molar-refractivity contribution is -0.134. The van der Waals surface area contributed by atoms with Crippen LogP contribution in [0.25, 0.3) is 0 Å². The molecule has 1 aromatic carbocycles. The predicted molar refractivity (Wildman–Crippen MR) is 101 cm³/mol. The van der Waals surface area contributed by atoms with Gasteiger partial charge >= 0.3 is 0 Å². The Balaban J connectivity index is 1.22. The Labute approximate surface area is 160 Å². The van der Waals surface area contributed by atoms with Gasteiger partial charge in [0, 0.05) is 50.6 Å². The normalized spacial score (nSPS) is 23.3. The maximum Gasteiger partial charge on any atom is 0.251 e. The van der Waals surface area contributed by atoms with E-state index in [4.69, 9.17) is 9.47 Å². The molecule has 3 aliphatic rings. The fourth-order valence-corrected chi connectivity index (χ4v) is 3.77. The Bertz CT molecular complexity index is 657. The molecule has 1 saturated carbocycles. The van der Waals surface area contributed by atoms with E-state index < -0.39 is 0 Å². The van der Waals surface area contributed by atoms with E-state index in [1.54, 1.807) is 12.1 Å². The molecule has 0 spiro atoms. The summed E-state index contributed by atoms with van der Waals surface area (Å²) in [4.78, 5) is 26.3. The molecule has 0 radical (unpaired) electrons. The molecule has 1 aromatic rings. The van der Waals surface area contributed by atoms with Crippen LogP contribution in [0.2, 0.25) is 0 Å². The van der Waals surface area contributed by atoms with Gasteiger partial charge in [-0.15, -0.1) is 0 Å². The molecule has 4 rings (SSSR count). The van der Waals surface area contributed by atoms with Gasteiger partial charge < -0.3 is 19.7 Å². The molecule has 0 aromatic heterocycles. The number of piperidine rings is 1. The lowest BCUT2D eigenvalue weighted by Gasteiger charge is -2.32.